The summed E-state index contributed by atoms with van der Waals surface area (Å²) >= 11 is 0. The number of methoxy groups -OCH3 is 1. The second-order valence-corrected chi connectivity index (χ2v) is 7.43. The molecule has 0 aliphatic carbocycles. The lowest BCUT2D eigenvalue weighted by molar-refractivity contribution is -0.117. The Hall–Kier alpha value is -3.32. The molecule has 1 N–H and O–H groups in total. The zero-order chi connectivity index (χ0) is 20.9. The average molecular weight is 406 g/mol. The number of carbonyl (C=O) groups is 1. The molecular formula is C23H27N5O2. The van der Waals surface area contributed by atoms with Gasteiger partial charge in [-0.3, -0.25) is 14.3 Å². The Bertz CT molecular complexity index is 1010. The van der Waals surface area contributed by atoms with Gasteiger partial charge in [-0.25, -0.2) is 4.98 Å². The number of ether oxygens (including phenoxy) is 1. The number of para-hydroxylation sites is 1. The summed E-state index contributed by atoms with van der Waals surface area (Å²) in [6, 6.07) is 15.8. The summed E-state index contributed by atoms with van der Waals surface area (Å²) < 4.78 is 7.42. The van der Waals surface area contributed by atoms with Crippen molar-refractivity contribution in [1.82, 2.24) is 14.5 Å². The van der Waals surface area contributed by atoms with Crippen LogP contribution < -0.4 is 15.0 Å². The van der Waals surface area contributed by atoms with Crippen LogP contribution in [0, 0.1) is 6.92 Å². The molecule has 1 aromatic heterocycles. The van der Waals surface area contributed by atoms with Gasteiger partial charge in [0, 0.05) is 50.3 Å². The van der Waals surface area contributed by atoms with Crippen LogP contribution >= 0.6 is 0 Å². The molecule has 1 amide bonds. The minimum absolute atomic E-state index is 0.0237. The fraction of sp³-hybridized carbons (Fsp3) is 0.304. The van der Waals surface area contributed by atoms with E-state index in [2.05, 4.69) is 24.7 Å². The molecule has 1 saturated heterocycles. The quantitative estimate of drug-likeness (QED) is 0.683. The molecule has 0 bridgehead atoms. The van der Waals surface area contributed by atoms with Crippen LogP contribution in [0.5, 0.6) is 5.75 Å². The summed E-state index contributed by atoms with van der Waals surface area (Å²) in [5, 5.41) is 3.02. The molecule has 1 fully saturated rings. The molecule has 7 heteroatoms. The van der Waals surface area contributed by atoms with Crippen LogP contribution in [0.4, 0.5) is 11.6 Å². The standard InChI is InChI=1S/C23H27N5O2/c1-18-6-3-4-9-21(18)25-22(29)17-26-12-14-27(15-13-26)23-24-10-11-28(23)19-7-5-8-20(16-19)30-2/h3-11,16H,12-15,17H2,1-2H3,(H,25,29). The van der Waals surface area contributed by atoms with E-state index in [0.717, 1.165) is 54.8 Å². The van der Waals surface area contributed by atoms with E-state index in [1.165, 1.54) is 0 Å². The van der Waals surface area contributed by atoms with E-state index in [9.17, 15) is 4.79 Å². The van der Waals surface area contributed by atoms with E-state index in [1.54, 1.807) is 7.11 Å². The van der Waals surface area contributed by atoms with Crippen molar-refractivity contribution < 1.29 is 9.53 Å². The van der Waals surface area contributed by atoms with Crippen molar-refractivity contribution in [2.75, 3.05) is 50.1 Å². The number of nitrogens with zero attached hydrogens (tertiary/aromatic N) is 4. The van der Waals surface area contributed by atoms with E-state index in [1.807, 2.05) is 67.8 Å². The molecule has 0 radical (unpaired) electrons. The van der Waals surface area contributed by atoms with Crippen LogP contribution in [0.2, 0.25) is 0 Å². The van der Waals surface area contributed by atoms with Crippen LogP contribution in [0.1, 0.15) is 5.56 Å². The summed E-state index contributed by atoms with van der Waals surface area (Å²) in [7, 11) is 1.67. The Labute approximate surface area is 176 Å². The molecule has 4 rings (SSSR count). The number of nitrogens with one attached hydrogen (secondary N) is 1. The van der Waals surface area contributed by atoms with Crippen molar-refractivity contribution in [3.8, 4) is 11.4 Å². The molecule has 0 spiro atoms. The van der Waals surface area contributed by atoms with Gasteiger partial charge in [0.2, 0.25) is 11.9 Å². The summed E-state index contributed by atoms with van der Waals surface area (Å²) in [6.07, 6.45) is 3.78. The molecule has 0 atom stereocenters. The average Bonchev–Trinajstić information content (AvgIpc) is 3.26. The lowest BCUT2D eigenvalue weighted by Gasteiger charge is -2.35. The molecule has 0 saturated carbocycles. The maximum absolute atomic E-state index is 12.4. The number of hydrogen-bond acceptors (Lipinski definition) is 5. The Morgan fingerprint density at radius 2 is 1.90 bits per heavy atom. The second kappa shape index (κ2) is 9.00. The van der Waals surface area contributed by atoms with Gasteiger partial charge in [-0.05, 0) is 30.7 Å². The van der Waals surface area contributed by atoms with Gasteiger partial charge in [-0.1, -0.05) is 24.3 Å². The van der Waals surface area contributed by atoms with Gasteiger partial charge in [-0.15, -0.1) is 0 Å². The molecule has 1 aliphatic rings. The second-order valence-electron chi connectivity index (χ2n) is 7.43. The molecule has 2 aromatic carbocycles. The normalized spacial score (nSPS) is 14.5. The van der Waals surface area contributed by atoms with E-state index < -0.39 is 0 Å². The number of anilines is 2. The van der Waals surface area contributed by atoms with Gasteiger partial charge in [0.1, 0.15) is 5.75 Å². The highest BCUT2D eigenvalue weighted by atomic mass is 16.5. The first-order valence-electron chi connectivity index (χ1n) is 10.1. The highest BCUT2D eigenvalue weighted by Gasteiger charge is 2.22. The highest BCUT2D eigenvalue weighted by Crippen LogP contribution is 2.23. The summed E-state index contributed by atoms with van der Waals surface area (Å²) in [5.41, 5.74) is 2.96. The van der Waals surface area contributed by atoms with E-state index in [4.69, 9.17) is 4.74 Å². The van der Waals surface area contributed by atoms with Gasteiger partial charge in [0.05, 0.1) is 19.3 Å². The minimum Gasteiger partial charge on any atom is -0.497 e. The minimum atomic E-state index is 0.0237. The zero-order valence-electron chi connectivity index (χ0n) is 17.4. The molecule has 2 heterocycles. The fourth-order valence-corrected chi connectivity index (χ4v) is 3.70. The third kappa shape index (κ3) is 4.46. The number of aromatic nitrogens is 2. The van der Waals surface area contributed by atoms with Gasteiger partial charge in [0.25, 0.3) is 0 Å². The van der Waals surface area contributed by atoms with Gasteiger partial charge < -0.3 is 15.0 Å². The Kier molecular flexibility index (Phi) is 5.99. The van der Waals surface area contributed by atoms with Crippen molar-refractivity contribution >= 4 is 17.5 Å². The summed E-state index contributed by atoms with van der Waals surface area (Å²) in [6.45, 7) is 5.65. The lowest BCUT2D eigenvalue weighted by Crippen LogP contribution is -2.49. The van der Waals surface area contributed by atoms with E-state index >= 15 is 0 Å². The predicted molar refractivity (Wildman–Crippen MR) is 119 cm³/mol. The van der Waals surface area contributed by atoms with Gasteiger partial charge in [-0.2, -0.15) is 0 Å². The molecule has 3 aromatic rings. The van der Waals surface area contributed by atoms with Crippen LogP contribution in [0.3, 0.4) is 0 Å². The summed E-state index contributed by atoms with van der Waals surface area (Å²) in [4.78, 5) is 21.5. The fourth-order valence-electron chi connectivity index (χ4n) is 3.70. The van der Waals surface area contributed by atoms with Crippen LogP contribution in [0.15, 0.2) is 60.9 Å². The van der Waals surface area contributed by atoms with Crippen molar-refractivity contribution in [2.45, 2.75) is 6.92 Å². The van der Waals surface area contributed by atoms with Gasteiger partial charge in [0.15, 0.2) is 0 Å². The van der Waals surface area contributed by atoms with Crippen LogP contribution in [-0.4, -0.2) is 60.2 Å². The molecule has 0 unspecified atom stereocenters. The number of hydrogen-bond donors (Lipinski definition) is 1. The topological polar surface area (TPSA) is 62.6 Å². The third-order valence-electron chi connectivity index (χ3n) is 5.39. The monoisotopic (exact) mass is 405 g/mol. The lowest BCUT2D eigenvalue weighted by atomic mass is 10.2. The van der Waals surface area contributed by atoms with E-state index in [-0.39, 0.29) is 5.91 Å². The van der Waals surface area contributed by atoms with Crippen molar-refractivity contribution in [3.63, 3.8) is 0 Å². The predicted octanol–water partition coefficient (Wildman–Crippen LogP) is 2.95. The molecule has 156 valence electrons. The van der Waals surface area contributed by atoms with Crippen LogP contribution in [-0.2, 0) is 4.79 Å². The van der Waals surface area contributed by atoms with E-state index in [0.29, 0.717) is 6.54 Å². The van der Waals surface area contributed by atoms with Crippen molar-refractivity contribution in [1.29, 1.82) is 0 Å². The number of benzene rings is 2. The molecule has 30 heavy (non-hydrogen) atoms. The SMILES string of the molecule is COc1cccc(-n2ccnc2N2CCN(CC(=O)Nc3ccccc3C)CC2)c1. The number of imidazole rings is 1. The molecule has 1 aliphatic heterocycles. The van der Waals surface area contributed by atoms with Crippen LogP contribution in [0.25, 0.3) is 5.69 Å². The Morgan fingerprint density at radius 1 is 1.10 bits per heavy atom. The maximum atomic E-state index is 12.4. The zero-order valence-corrected chi connectivity index (χ0v) is 17.4. The van der Waals surface area contributed by atoms with Crippen molar-refractivity contribution in [2.24, 2.45) is 0 Å². The Morgan fingerprint density at radius 3 is 2.67 bits per heavy atom. The number of rotatable bonds is 6. The summed E-state index contributed by atoms with van der Waals surface area (Å²) in [5.74, 6) is 1.75. The number of aryl methyl sites for hydroxylation is 1. The van der Waals surface area contributed by atoms with Gasteiger partial charge >= 0.3 is 0 Å². The first-order valence-corrected chi connectivity index (χ1v) is 10.1. The van der Waals surface area contributed by atoms with Crippen molar-refractivity contribution in [3.05, 3.63) is 66.5 Å². The smallest absolute Gasteiger partial charge is 0.238 e. The third-order valence-corrected chi connectivity index (χ3v) is 5.39. The highest BCUT2D eigenvalue weighted by molar-refractivity contribution is 5.92. The first-order chi connectivity index (χ1) is 14.6. The largest absolute Gasteiger partial charge is 0.497 e. The number of carbonyl (C=O) groups excluding carboxylic acids is 1. The maximum Gasteiger partial charge on any atom is 0.238 e. The molecular weight excluding hydrogens is 378 g/mol. The Balaban J connectivity index is 1.36. The number of piperazine rings is 1. The number of amides is 1. The molecule has 7 nitrogen and oxygen atoms in total. The first kappa shape index (κ1) is 20.0.